The average Bonchev–Trinajstić information content (AvgIpc) is 2.97. The Morgan fingerprint density at radius 2 is 1.74 bits per heavy atom. The first kappa shape index (κ1) is 20.2. The molecule has 0 aromatic heterocycles. The van der Waals surface area contributed by atoms with Crippen molar-refractivity contribution < 1.29 is 23.1 Å². The molecule has 0 heterocycles. The Morgan fingerprint density at radius 1 is 1.04 bits per heavy atom. The summed E-state index contributed by atoms with van der Waals surface area (Å²) in [6.45, 7) is 2.29. The van der Waals surface area contributed by atoms with Gasteiger partial charge < -0.3 is 5.11 Å². The number of fused-ring (bicyclic) bond motifs is 5. The number of Topliss-reactive ketones (excluding diaryl/α,β-unsaturated/α-hetero) is 1. The normalized spacial score (nSPS) is 49.9. The van der Waals surface area contributed by atoms with Gasteiger partial charge in [-0.1, -0.05) is 22.9 Å². The van der Waals surface area contributed by atoms with E-state index in [0.29, 0.717) is 41.2 Å². The molecule has 8 atom stereocenters. The van der Waals surface area contributed by atoms with Gasteiger partial charge in [-0.05, 0) is 92.8 Å². The third kappa shape index (κ3) is 3.03. The highest BCUT2D eigenvalue weighted by Gasteiger charge is 2.62. The summed E-state index contributed by atoms with van der Waals surface area (Å²) in [5, 5.41) is 10.6. The number of hydrogen-bond acceptors (Lipinski definition) is 2. The summed E-state index contributed by atoms with van der Waals surface area (Å²) in [6, 6.07) is 0. The average molecular weight is 451 g/mol. The molecular weight excluding hydrogens is 421 g/mol. The molecule has 0 aliphatic heterocycles. The third-order valence-corrected chi connectivity index (χ3v) is 9.61. The third-order valence-electron chi connectivity index (χ3n) is 9.06. The molecule has 0 bridgehead atoms. The van der Waals surface area contributed by atoms with Crippen LogP contribution in [0, 0.1) is 40.9 Å². The zero-order chi connectivity index (χ0) is 19.6. The molecule has 1 N–H and O–H groups in total. The maximum absolute atomic E-state index is 13.3. The number of hydrogen-bond donors (Lipinski definition) is 1. The van der Waals surface area contributed by atoms with Crippen molar-refractivity contribution in [2.24, 2.45) is 40.9 Å². The quantitative estimate of drug-likeness (QED) is 0.562. The molecule has 0 aromatic carbocycles. The van der Waals surface area contributed by atoms with E-state index in [1.807, 2.05) is 0 Å². The highest BCUT2D eigenvalue weighted by Crippen LogP contribution is 2.65. The monoisotopic (exact) mass is 450 g/mol. The van der Waals surface area contributed by atoms with Crippen molar-refractivity contribution in [2.45, 2.75) is 76.5 Å². The van der Waals surface area contributed by atoms with E-state index in [1.54, 1.807) is 0 Å². The van der Waals surface area contributed by atoms with Gasteiger partial charge in [0, 0.05) is 5.92 Å². The minimum atomic E-state index is -4.52. The van der Waals surface area contributed by atoms with Crippen molar-refractivity contribution in [1.29, 1.82) is 0 Å². The second-order valence-electron chi connectivity index (χ2n) is 9.98. The summed E-state index contributed by atoms with van der Waals surface area (Å²) in [7, 11) is 0. The fraction of sp³-hybridized carbons (Fsp3) is 0.952. The van der Waals surface area contributed by atoms with Crippen molar-refractivity contribution in [3.8, 4) is 0 Å². The highest BCUT2D eigenvalue weighted by molar-refractivity contribution is 9.09. The van der Waals surface area contributed by atoms with Crippen LogP contribution in [-0.4, -0.2) is 28.0 Å². The van der Waals surface area contributed by atoms with E-state index in [9.17, 15) is 23.1 Å². The zero-order valence-electron chi connectivity index (χ0n) is 15.9. The van der Waals surface area contributed by atoms with Gasteiger partial charge in [0.15, 0.2) is 5.60 Å². The second kappa shape index (κ2) is 6.72. The molecule has 6 heteroatoms. The summed E-state index contributed by atoms with van der Waals surface area (Å²) in [4.78, 5) is 12.4. The number of carbonyl (C=O) groups is 1. The van der Waals surface area contributed by atoms with Gasteiger partial charge in [-0.3, -0.25) is 4.79 Å². The lowest BCUT2D eigenvalue weighted by molar-refractivity contribution is -0.282. The van der Waals surface area contributed by atoms with Gasteiger partial charge in [0.1, 0.15) is 5.78 Å². The van der Waals surface area contributed by atoms with Gasteiger partial charge in [-0.2, -0.15) is 13.2 Å². The largest absolute Gasteiger partial charge is 0.417 e. The number of aliphatic hydroxyl groups is 1. The standard InChI is InChI=1S/C21H30BrF3O2/c1-19-8-6-14-13-7-9-20(27,21(23,24)25)10-12(13)2-3-15(14)16(19)4-5-17(19)18(26)11-22/h12-17,27H,2-11H2,1H3/t12?,13-,14?,15+,16-,17+,19-,20+/m0/s1. The molecular formula is C21H30BrF3O2. The molecule has 4 aliphatic rings. The minimum absolute atomic E-state index is 0.00245. The molecule has 2 nitrogen and oxygen atoms in total. The first-order valence-electron chi connectivity index (χ1n) is 10.5. The molecule has 0 radical (unpaired) electrons. The smallest absolute Gasteiger partial charge is 0.380 e. The lowest BCUT2D eigenvalue weighted by atomic mass is 9.49. The molecule has 4 rings (SSSR count). The number of ketones is 1. The van der Waals surface area contributed by atoms with Crippen LogP contribution >= 0.6 is 15.9 Å². The lowest BCUT2D eigenvalue weighted by Crippen LogP contribution is -2.55. The molecule has 0 saturated heterocycles. The van der Waals surface area contributed by atoms with Crippen LogP contribution < -0.4 is 0 Å². The molecule has 0 spiro atoms. The summed E-state index contributed by atoms with van der Waals surface area (Å²) in [6.07, 6.45) is 1.60. The maximum Gasteiger partial charge on any atom is 0.417 e. The van der Waals surface area contributed by atoms with E-state index in [4.69, 9.17) is 0 Å². The molecule has 27 heavy (non-hydrogen) atoms. The fourth-order valence-electron chi connectivity index (χ4n) is 7.76. The first-order chi connectivity index (χ1) is 12.6. The number of alkyl halides is 4. The SMILES string of the molecule is C[C@]12CCC3[C@H]4CC[C@](O)(C(F)(F)F)CC4CC[C@H]3[C@@H]1CC[C@@H]2C(=O)CBr. The van der Waals surface area contributed by atoms with Crippen LogP contribution in [0.25, 0.3) is 0 Å². The first-order valence-corrected chi connectivity index (χ1v) is 11.6. The molecule has 0 amide bonds. The molecule has 4 fully saturated rings. The lowest BCUT2D eigenvalue weighted by Gasteiger charge is -2.57. The molecule has 154 valence electrons. The fourth-order valence-corrected chi connectivity index (χ4v) is 8.15. The van der Waals surface area contributed by atoms with E-state index >= 15 is 0 Å². The van der Waals surface area contributed by atoms with Gasteiger partial charge in [-0.15, -0.1) is 0 Å². The molecule has 2 unspecified atom stereocenters. The Bertz CT molecular complexity index is 609. The predicted molar refractivity (Wildman–Crippen MR) is 100 cm³/mol. The zero-order valence-corrected chi connectivity index (χ0v) is 17.5. The summed E-state index contributed by atoms with van der Waals surface area (Å²) < 4.78 is 39.9. The van der Waals surface area contributed by atoms with Crippen molar-refractivity contribution in [2.75, 3.05) is 5.33 Å². The van der Waals surface area contributed by atoms with Crippen molar-refractivity contribution in [1.82, 2.24) is 0 Å². The van der Waals surface area contributed by atoms with Crippen LogP contribution in [0.15, 0.2) is 0 Å². The van der Waals surface area contributed by atoms with E-state index in [2.05, 4.69) is 22.9 Å². The Balaban J connectivity index is 1.52. The second-order valence-corrected chi connectivity index (χ2v) is 10.5. The van der Waals surface area contributed by atoms with Crippen LogP contribution in [0.5, 0.6) is 0 Å². The number of halogens is 4. The maximum atomic E-state index is 13.3. The predicted octanol–water partition coefficient (Wildman–Crippen LogP) is 5.51. The molecule has 0 aromatic rings. The van der Waals surface area contributed by atoms with Crippen LogP contribution in [0.3, 0.4) is 0 Å². The van der Waals surface area contributed by atoms with Gasteiger partial charge >= 0.3 is 6.18 Å². The van der Waals surface area contributed by atoms with Crippen molar-refractivity contribution >= 4 is 21.7 Å². The van der Waals surface area contributed by atoms with Gasteiger partial charge in [-0.25, -0.2) is 0 Å². The highest BCUT2D eigenvalue weighted by atomic mass is 79.9. The van der Waals surface area contributed by atoms with Crippen LogP contribution in [0.2, 0.25) is 0 Å². The summed E-state index contributed by atoms with van der Waals surface area (Å²) in [5.74, 6) is 2.35. The Kier molecular flexibility index (Phi) is 5.02. The van der Waals surface area contributed by atoms with Crippen LogP contribution in [-0.2, 0) is 4.79 Å². The van der Waals surface area contributed by atoms with Crippen molar-refractivity contribution in [3.63, 3.8) is 0 Å². The van der Waals surface area contributed by atoms with Crippen LogP contribution in [0.1, 0.15) is 64.7 Å². The molecule has 4 aliphatic carbocycles. The van der Waals surface area contributed by atoms with E-state index in [1.165, 1.54) is 0 Å². The van der Waals surface area contributed by atoms with Gasteiger partial charge in [0.25, 0.3) is 0 Å². The number of rotatable bonds is 2. The summed E-state index contributed by atoms with van der Waals surface area (Å²) >= 11 is 3.34. The topological polar surface area (TPSA) is 37.3 Å². The summed E-state index contributed by atoms with van der Waals surface area (Å²) in [5.41, 5.74) is -2.41. The van der Waals surface area contributed by atoms with E-state index in [-0.39, 0.29) is 30.1 Å². The van der Waals surface area contributed by atoms with E-state index < -0.39 is 11.8 Å². The Labute approximate surface area is 167 Å². The Hall–Kier alpha value is -0.100. The van der Waals surface area contributed by atoms with Crippen LogP contribution in [0.4, 0.5) is 13.2 Å². The van der Waals surface area contributed by atoms with Gasteiger partial charge in [0.05, 0.1) is 5.33 Å². The van der Waals surface area contributed by atoms with Crippen molar-refractivity contribution in [3.05, 3.63) is 0 Å². The number of carbonyl (C=O) groups excluding carboxylic acids is 1. The minimum Gasteiger partial charge on any atom is -0.380 e. The Morgan fingerprint density at radius 3 is 2.41 bits per heavy atom. The molecule has 4 saturated carbocycles. The van der Waals surface area contributed by atoms with Gasteiger partial charge in [0.2, 0.25) is 0 Å². The van der Waals surface area contributed by atoms with E-state index in [0.717, 1.165) is 38.5 Å².